The van der Waals surface area contributed by atoms with Crippen LogP contribution in [0.5, 0.6) is 11.5 Å². The fourth-order valence-corrected chi connectivity index (χ4v) is 3.08. The van der Waals surface area contributed by atoms with Crippen LogP contribution in [0.3, 0.4) is 0 Å². The van der Waals surface area contributed by atoms with E-state index in [2.05, 4.69) is 6.92 Å². The molecule has 0 amide bonds. The van der Waals surface area contributed by atoms with Gasteiger partial charge in [0.2, 0.25) is 0 Å². The molecule has 1 unspecified atom stereocenters. The number of ketones is 1. The topological polar surface area (TPSA) is 35.5 Å². The quantitative estimate of drug-likeness (QED) is 0.343. The van der Waals surface area contributed by atoms with Crippen molar-refractivity contribution in [3.8, 4) is 11.5 Å². The van der Waals surface area contributed by atoms with E-state index in [0.29, 0.717) is 17.9 Å². The molecule has 0 radical (unpaired) electrons. The van der Waals surface area contributed by atoms with E-state index in [1.807, 2.05) is 66.7 Å². The summed E-state index contributed by atoms with van der Waals surface area (Å²) in [6.45, 7) is 2.48. The second-order valence-corrected chi connectivity index (χ2v) is 7.75. The summed E-state index contributed by atoms with van der Waals surface area (Å²) in [6, 6.07) is 24.9. The van der Waals surface area contributed by atoms with Crippen molar-refractivity contribution in [2.75, 3.05) is 13.2 Å². The molecular formula is C25H22Cl2O3. The van der Waals surface area contributed by atoms with Gasteiger partial charge in [0, 0.05) is 11.5 Å². The van der Waals surface area contributed by atoms with Gasteiger partial charge in [-0.15, -0.1) is 0 Å². The molecule has 0 fully saturated rings. The Balaban J connectivity index is 1.56. The molecule has 3 aromatic carbocycles. The van der Waals surface area contributed by atoms with E-state index in [1.54, 1.807) is 18.2 Å². The van der Waals surface area contributed by atoms with Crippen molar-refractivity contribution < 1.29 is 14.3 Å². The number of halogens is 2. The number of Topliss-reactive ketones (excluding diaryl/α,β-unsaturated/α-hetero) is 1. The predicted octanol–water partition coefficient (Wildman–Crippen LogP) is 6.80. The fourth-order valence-electron chi connectivity index (χ4n) is 2.96. The molecule has 0 N–H and O–H groups in total. The zero-order chi connectivity index (χ0) is 21.3. The number of rotatable bonds is 9. The zero-order valence-electron chi connectivity index (χ0n) is 16.6. The number of carbonyl (C=O) groups excluding carboxylic acids is 1. The molecule has 3 nitrogen and oxygen atoms in total. The first-order valence-electron chi connectivity index (χ1n) is 9.58. The van der Waals surface area contributed by atoms with E-state index in [-0.39, 0.29) is 22.8 Å². The average Bonchev–Trinajstić information content (AvgIpc) is 2.78. The van der Waals surface area contributed by atoms with Crippen LogP contribution in [0.2, 0.25) is 0 Å². The maximum absolute atomic E-state index is 12.2. The van der Waals surface area contributed by atoms with E-state index >= 15 is 0 Å². The molecule has 0 aliphatic heterocycles. The highest BCUT2D eigenvalue weighted by Crippen LogP contribution is 2.27. The highest BCUT2D eigenvalue weighted by Gasteiger charge is 2.10. The van der Waals surface area contributed by atoms with Crippen molar-refractivity contribution in [2.24, 2.45) is 0 Å². The summed E-state index contributed by atoms with van der Waals surface area (Å²) in [5.41, 5.74) is 2.97. The predicted molar refractivity (Wildman–Crippen MR) is 122 cm³/mol. The van der Waals surface area contributed by atoms with Crippen molar-refractivity contribution >= 4 is 29.0 Å². The Bertz CT molecular complexity index is 977. The number of hydrogen-bond donors (Lipinski definition) is 0. The van der Waals surface area contributed by atoms with Gasteiger partial charge in [0.05, 0.1) is 0 Å². The smallest absolute Gasteiger partial charge is 0.200 e. The van der Waals surface area contributed by atoms with Gasteiger partial charge >= 0.3 is 0 Å². The van der Waals surface area contributed by atoms with Crippen LogP contribution in [0.4, 0.5) is 0 Å². The summed E-state index contributed by atoms with van der Waals surface area (Å²) < 4.78 is 11.4. The monoisotopic (exact) mass is 440 g/mol. The molecule has 3 rings (SSSR count). The summed E-state index contributed by atoms with van der Waals surface area (Å²) in [5.74, 6) is 1.59. The van der Waals surface area contributed by atoms with Gasteiger partial charge in [0.15, 0.2) is 12.4 Å². The number of ether oxygens (including phenoxy) is 2. The maximum atomic E-state index is 12.2. The van der Waals surface area contributed by atoms with Gasteiger partial charge in [0.25, 0.3) is 0 Å². The lowest BCUT2D eigenvalue weighted by atomic mass is 9.93. The van der Waals surface area contributed by atoms with Crippen molar-refractivity contribution in [3.05, 3.63) is 106 Å². The molecule has 30 heavy (non-hydrogen) atoms. The summed E-state index contributed by atoms with van der Waals surface area (Å²) in [7, 11) is 0. The Morgan fingerprint density at radius 2 is 1.37 bits per heavy atom. The Hall–Kier alpha value is -2.75. The molecule has 0 aliphatic rings. The third-order valence-electron chi connectivity index (χ3n) is 4.71. The highest BCUT2D eigenvalue weighted by molar-refractivity contribution is 6.55. The minimum absolute atomic E-state index is 0.0183. The van der Waals surface area contributed by atoms with Gasteiger partial charge in [-0.25, -0.2) is 0 Å². The first-order valence-corrected chi connectivity index (χ1v) is 10.3. The van der Waals surface area contributed by atoms with Crippen molar-refractivity contribution in [2.45, 2.75) is 12.8 Å². The van der Waals surface area contributed by atoms with Crippen LogP contribution in [0.1, 0.15) is 34.3 Å². The molecule has 3 aromatic rings. The molecule has 0 aromatic heterocycles. The fraction of sp³-hybridized carbons (Fsp3) is 0.160. The zero-order valence-corrected chi connectivity index (χ0v) is 18.1. The van der Waals surface area contributed by atoms with Gasteiger partial charge in [-0.3, -0.25) is 4.79 Å². The molecule has 0 heterocycles. The minimum Gasteiger partial charge on any atom is -0.489 e. The number of hydrogen-bond acceptors (Lipinski definition) is 3. The Morgan fingerprint density at radius 3 is 1.90 bits per heavy atom. The van der Waals surface area contributed by atoms with Crippen LogP contribution in [0.15, 0.2) is 89.4 Å². The third-order valence-corrected chi connectivity index (χ3v) is 5.02. The Morgan fingerprint density at radius 1 is 0.833 bits per heavy atom. The molecule has 0 saturated heterocycles. The highest BCUT2D eigenvalue weighted by atomic mass is 35.5. The van der Waals surface area contributed by atoms with Crippen LogP contribution >= 0.6 is 23.2 Å². The van der Waals surface area contributed by atoms with Crippen LogP contribution in [0, 0.1) is 0 Å². The summed E-state index contributed by atoms with van der Waals surface area (Å²) in [5, 5.41) is 0. The third kappa shape index (κ3) is 6.38. The van der Waals surface area contributed by atoms with Gasteiger partial charge < -0.3 is 9.47 Å². The van der Waals surface area contributed by atoms with E-state index < -0.39 is 0 Å². The SMILES string of the molecule is CC(c1ccc(OCC=C(Cl)Cl)cc1)c1ccc(OCC(=O)c2ccccc2)cc1. The van der Waals surface area contributed by atoms with Crippen molar-refractivity contribution in [1.82, 2.24) is 0 Å². The standard InChI is InChI=1S/C25H22Cl2O3/c1-18(19-7-11-22(12-8-19)29-16-15-25(26)27)20-9-13-23(14-10-20)30-17-24(28)21-5-3-2-4-6-21/h2-15,18H,16-17H2,1H3. The molecule has 5 heteroatoms. The van der Waals surface area contributed by atoms with Crippen molar-refractivity contribution in [1.29, 1.82) is 0 Å². The largest absolute Gasteiger partial charge is 0.489 e. The molecule has 0 spiro atoms. The van der Waals surface area contributed by atoms with E-state index in [9.17, 15) is 4.79 Å². The average molecular weight is 441 g/mol. The molecule has 154 valence electrons. The lowest BCUT2D eigenvalue weighted by Crippen LogP contribution is -2.11. The van der Waals surface area contributed by atoms with E-state index in [1.165, 1.54) is 5.56 Å². The molecule has 0 bridgehead atoms. The normalized spacial score (nSPS) is 11.4. The molecule has 1 atom stereocenters. The first-order chi connectivity index (χ1) is 14.5. The second kappa shape index (κ2) is 10.9. The summed E-state index contributed by atoms with van der Waals surface area (Å²) in [4.78, 5) is 12.2. The molecular weight excluding hydrogens is 419 g/mol. The van der Waals surface area contributed by atoms with Gasteiger partial charge in [-0.2, -0.15) is 0 Å². The Kier molecular flexibility index (Phi) is 7.95. The number of benzene rings is 3. The van der Waals surface area contributed by atoms with Crippen LogP contribution < -0.4 is 9.47 Å². The minimum atomic E-state index is -0.0424. The summed E-state index contributed by atoms with van der Waals surface area (Å²) in [6.07, 6.45) is 1.59. The lowest BCUT2D eigenvalue weighted by Gasteiger charge is -2.14. The van der Waals surface area contributed by atoms with Gasteiger partial charge in [0.1, 0.15) is 22.6 Å². The lowest BCUT2D eigenvalue weighted by molar-refractivity contribution is 0.0921. The second-order valence-electron chi connectivity index (χ2n) is 6.74. The first kappa shape index (κ1) is 21.9. The Labute approximate surface area is 186 Å². The van der Waals surface area contributed by atoms with E-state index in [0.717, 1.165) is 11.3 Å². The van der Waals surface area contributed by atoms with E-state index in [4.69, 9.17) is 32.7 Å². The van der Waals surface area contributed by atoms with Crippen LogP contribution in [-0.4, -0.2) is 19.0 Å². The van der Waals surface area contributed by atoms with Gasteiger partial charge in [-0.05, 0) is 41.5 Å². The van der Waals surface area contributed by atoms with Gasteiger partial charge in [-0.1, -0.05) is 84.7 Å². The summed E-state index contributed by atoms with van der Waals surface area (Å²) >= 11 is 11.1. The maximum Gasteiger partial charge on any atom is 0.200 e. The molecule has 0 saturated carbocycles. The number of carbonyl (C=O) groups is 1. The molecule has 0 aliphatic carbocycles. The van der Waals surface area contributed by atoms with Crippen molar-refractivity contribution in [3.63, 3.8) is 0 Å². The van der Waals surface area contributed by atoms with Crippen LogP contribution in [-0.2, 0) is 0 Å². The van der Waals surface area contributed by atoms with Crippen LogP contribution in [0.25, 0.3) is 0 Å².